The Balaban J connectivity index is 2.38. The van der Waals surface area contributed by atoms with Gasteiger partial charge in [0, 0.05) is 24.6 Å². The highest BCUT2D eigenvalue weighted by Crippen LogP contribution is 2.35. The van der Waals surface area contributed by atoms with Gasteiger partial charge in [0.2, 0.25) is 0 Å². The summed E-state index contributed by atoms with van der Waals surface area (Å²) in [5.74, 6) is 0.0611. The lowest BCUT2D eigenvalue weighted by atomic mass is 9.81. The smallest absolute Gasteiger partial charge is 0.142 e. The zero-order chi connectivity index (χ0) is 13.1. The quantitative estimate of drug-likeness (QED) is 0.808. The van der Waals surface area contributed by atoms with Crippen molar-refractivity contribution < 1.29 is 9.18 Å². The van der Waals surface area contributed by atoms with Gasteiger partial charge < -0.3 is 0 Å². The van der Waals surface area contributed by atoms with Crippen LogP contribution in [0.4, 0.5) is 4.39 Å². The van der Waals surface area contributed by atoms with Crippen molar-refractivity contribution in [3.05, 3.63) is 42.2 Å². The van der Waals surface area contributed by atoms with Gasteiger partial charge in [-0.05, 0) is 30.4 Å². The number of pyridine rings is 1. The topological polar surface area (TPSA) is 30.0 Å². The minimum absolute atomic E-state index is 0.263. The number of carbonyl (C=O) groups is 1. The summed E-state index contributed by atoms with van der Waals surface area (Å²) in [5, 5.41) is 0. The Morgan fingerprint density at radius 2 is 2.11 bits per heavy atom. The predicted octanol–water partition coefficient (Wildman–Crippen LogP) is 3.89. The molecule has 1 aromatic heterocycles. The van der Waals surface area contributed by atoms with Crippen molar-refractivity contribution in [3.63, 3.8) is 0 Å². The van der Waals surface area contributed by atoms with E-state index in [1.807, 2.05) is 6.07 Å². The summed E-state index contributed by atoms with van der Waals surface area (Å²) in [4.78, 5) is 15.3. The molecule has 0 bridgehead atoms. The molecular formula is C15H16FNO. The highest BCUT2D eigenvalue weighted by Gasteiger charge is 2.23. The molecule has 0 unspecified atom stereocenters. The van der Waals surface area contributed by atoms with E-state index in [4.69, 9.17) is 0 Å². The number of hydrogen-bond donors (Lipinski definition) is 0. The number of halogens is 1. The summed E-state index contributed by atoms with van der Waals surface area (Å²) >= 11 is 0. The van der Waals surface area contributed by atoms with Gasteiger partial charge in [-0.1, -0.05) is 19.2 Å². The third kappa shape index (κ3) is 2.40. The van der Waals surface area contributed by atoms with E-state index in [-0.39, 0.29) is 11.6 Å². The lowest BCUT2D eigenvalue weighted by Crippen LogP contribution is -2.14. The molecule has 0 aliphatic heterocycles. The molecule has 18 heavy (non-hydrogen) atoms. The summed E-state index contributed by atoms with van der Waals surface area (Å²) in [6.07, 6.45) is 6.08. The molecular weight excluding hydrogens is 229 g/mol. The molecule has 0 atom stereocenters. The van der Waals surface area contributed by atoms with Crippen LogP contribution in [0, 0.1) is 0 Å². The highest BCUT2D eigenvalue weighted by atomic mass is 19.1. The number of ketones is 1. The molecule has 0 spiro atoms. The van der Waals surface area contributed by atoms with Crippen LogP contribution in [-0.2, 0) is 4.79 Å². The number of Topliss-reactive ketones (excluding diaryl/α,β-unsaturated/α-hetero) is 1. The number of aromatic nitrogens is 1. The van der Waals surface area contributed by atoms with E-state index in [1.165, 1.54) is 0 Å². The second kappa shape index (κ2) is 5.25. The first-order valence-electron chi connectivity index (χ1n) is 6.11. The average molecular weight is 245 g/mol. The van der Waals surface area contributed by atoms with Crippen molar-refractivity contribution >= 4 is 17.7 Å². The van der Waals surface area contributed by atoms with Gasteiger partial charge in [0.1, 0.15) is 17.3 Å². The van der Waals surface area contributed by atoms with E-state index < -0.39 is 5.83 Å². The molecule has 1 fully saturated rings. The maximum absolute atomic E-state index is 13.3. The molecule has 0 saturated heterocycles. The summed E-state index contributed by atoms with van der Waals surface area (Å²) < 4.78 is 13.3. The first-order chi connectivity index (χ1) is 8.63. The molecule has 3 heteroatoms. The van der Waals surface area contributed by atoms with Crippen LogP contribution in [0.3, 0.4) is 0 Å². The first kappa shape index (κ1) is 12.7. The van der Waals surface area contributed by atoms with Gasteiger partial charge in [-0.3, -0.25) is 9.78 Å². The van der Waals surface area contributed by atoms with E-state index in [0.29, 0.717) is 24.2 Å². The van der Waals surface area contributed by atoms with Gasteiger partial charge in [0.15, 0.2) is 0 Å². The molecule has 2 nitrogen and oxygen atoms in total. The molecule has 1 heterocycles. The molecule has 0 radical (unpaired) electrons. The van der Waals surface area contributed by atoms with Crippen molar-refractivity contribution in [2.24, 2.45) is 0 Å². The molecule has 0 amide bonds. The second-order valence-electron chi connectivity index (χ2n) is 4.58. The maximum atomic E-state index is 13.3. The fourth-order valence-corrected chi connectivity index (χ4v) is 2.53. The van der Waals surface area contributed by atoms with E-state index in [0.717, 1.165) is 18.4 Å². The SMILES string of the molecule is C=Cc1c(C2CCC(=O)CC2)ccnc1C(=C)F. The first-order valence-corrected chi connectivity index (χ1v) is 6.11. The summed E-state index contributed by atoms with van der Waals surface area (Å²) in [6, 6.07) is 1.89. The lowest BCUT2D eigenvalue weighted by molar-refractivity contribution is -0.120. The minimum atomic E-state index is -0.543. The molecule has 1 saturated carbocycles. The standard InChI is InChI=1S/C15H16FNO/c1-3-13-14(8-9-17-15(13)10(2)16)11-4-6-12(18)7-5-11/h3,8-9,11H,1-2,4-7H2. The molecule has 1 aromatic rings. The van der Waals surface area contributed by atoms with E-state index >= 15 is 0 Å². The fourth-order valence-electron chi connectivity index (χ4n) is 2.53. The maximum Gasteiger partial charge on any atom is 0.142 e. The zero-order valence-electron chi connectivity index (χ0n) is 10.3. The van der Waals surface area contributed by atoms with Crippen LogP contribution in [0.25, 0.3) is 11.9 Å². The van der Waals surface area contributed by atoms with Crippen molar-refractivity contribution in [2.75, 3.05) is 0 Å². The fraction of sp³-hybridized carbons (Fsp3) is 0.333. The molecule has 0 aromatic carbocycles. The zero-order valence-corrected chi connectivity index (χ0v) is 10.3. The van der Waals surface area contributed by atoms with E-state index in [1.54, 1.807) is 12.3 Å². The van der Waals surface area contributed by atoms with Crippen molar-refractivity contribution in [3.8, 4) is 0 Å². The number of nitrogens with zero attached hydrogens (tertiary/aromatic N) is 1. The Labute approximate surface area is 106 Å². The van der Waals surface area contributed by atoms with Gasteiger partial charge >= 0.3 is 0 Å². The van der Waals surface area contributed by atoms with Crippen LogP contribution >= 0.6 is 0 Å². The summed E-state index contributed by atoms with van der Waals surface area (Å²) in [5.41, 5.74) is 2.00. The van der Waals surface area contributed by atoms with Gasteiger partial charge in [-0.25, -0.2) is 4.39 Å². The lowest BCUT2D eigenvalue weighted by Gasteiger charge is -2.23. The van der Waals surface area contributed by atoms with E-state index in [2.05, 4.69) is 18.1 Å². The predicted molar refractivity (Wildman–Crippen MR) is 70.7 cm³/mol. The van der Waals surface area contributed by atoms with Crippen LogP contribution in [0.15, 0.2) is 25.4 Å². The summed E-state index contributed by atoms with van der Waals surface area (Å²) in [7, 11) is 0. The molecule has 94 valence electrons. The average Bonchev–Trinajstić information content (AvgIpc) is 2.38. The largest absolute Gasteiger partial charge is 0.300 e. The third-order valence-electron chi connectivity index (χ3n) is 3.47. The van der Waals surface area contributed by atoms with Gasteiger partial charge in [0.05, 0.1) is 0 Å². The Hall–Kier alpha value is -1.77. The normalized spacial score (nSPS) is 16.6. The number of carbonyl (C=O) groups excluding carboxylic acids is 1. The number of hydrogen-bond acceptors (Lipinski definition) is 2. The summed E-state index contributed by atoms with van der Waals surface area (Å²) in [6.45, 7) is 7.03. The van der Waals surface area contributed by atoms with Gasteiger partial charge in [-0.2, -0.15) is 0 Å². The minimum Gasteiger partial charge on any atom is -0.300 e. The van der Waals surface area contributed by atoms with Crippen LogP contribution in [0.1, 0.15) is 48.4 Å². The Kier molecular flexibility index (Phi) is 3.70. The van der Waals surface area contributed by atoms with Crippen LogP contribution in [0.2, 0.25) is 0 Å². The van der Waals surface area contributed by atoms with Gasteiger partial charge in [-0.15, -0.1) is 0 Å². The second-order valence-corrected chi connectivity index (χ2v) is 4.58. The van der Waals surface area contributed by atoms with Crippen molar-refractivity contribution in [1.29, 1.82) is 0 Å². The Bertz CT molecular complexity index is 497. The van der Waals surface area contributed by atoms with E-state index in [9.17, 15) is 9.18 Å². The molecule has 1 aliphatic carbocycles. The third-order valence-corrected chi connectivity index (χ3v) is 3.47. The number of rotatable bonds is 3. The molecule has 2 rings (SSSR count). The van der Waals surface area contributed by atoms with Crippen LogP contribution in [-0.4, -0.2) is 10.8 Å². The highest BCUT2D eigenvalue weighted by molar-refractivity contribution is 5.79. The Morgan fingerprint density at radius 1 is 1.44 bits per heavy atom. The van der Waals surface area contributed by atoms with Crippen molar-refractivity contribution in [2.45, 2.75) is 31.6 Å². The van der Waals surface area contributed by atoms with Crippen LogP contribution < -0.4 is 0 Å². The van der Waals surface area contributed by atoms with Gasteiger partial charge in [0.25, 0.3) is 0 Å². The Morgan fingerprint density at radius 3 is 2.67 bits per heavy atom. The van der Waals surface area contributed by atoms with Crippen LogP contribution in [0.5, 0.6) is 0 Å². The molecule has 1 aliphatic rings. The molecule has 0 N–H and O–H groups in total. The monoisotopic (exact) mass is 245 g/mol. The van der Waals surface area contributed by atoms with Crippen molar-refractivity contribution in [1.82, 2.24) is 4.98 Å².